The van der Waals surface area contributed by atoms with Gasteiger partial charge in [-0.2, -0.15) is 0 Å². The second kappa shape index (κ2) is 16.8. The highest BCUT2D eigenvalue weighted by atomic mass is 16.4. The van der Waals surface area contributed by atoms with Crippen LogP contribution in [0.1, 0.15) is 110 Å². The maximum absolute atomic E-state index is 10.6. The van der Waals surface area contributed by atoms with Gasteiger partial charge in [-0.1, -0.05) is 104 Å². The van der Waals surface area contributed by atoms with E-state index >= 15 is 0 Å². The molecule has 0 heterocycles. The van der Waals surface area contributed by atoms with Gasteiger partial charge in [-0.3, -0.25) is 4.79 Å². The molecule has 0 aliphatic rings. The topological polar surface area (TPSA) is 37.3 Å². The monoisotopic (exact) mass is 311 g/mol. The first kappa shape index (κ1) is 21.5. The van der Waals surface area contributed by atoms with E-state index in [2.05, 4.69) is 6.92 Å². The quantitative estimate of drug-likeness (QED) is 0.300. The molecule has 0 aromatic heterocycles. The Morgan fingerprint density at radius 3 is 1.50 bits per heavy atom. The summed E-state index contributed by atoms with van der Waals surface area (Å²) in [6.07, 6.45) is 22.1. The van der Waals surface area contributed by atoms with Gasteiger partial charge in [-0.15, -0.1) is 0 Å². The van der Waals surface area contributed by atoms with Crippen LogP contribution >= 0.6 is 0 Å². The lowest BCUT2D eigenvalue weighted by Gasteiger charge is -2.05. The molecular weight excluding hydrogens is 272 g/mol. The highest BCUT2D eigenvalue weighted by molar-refractivity contribution is 5.70. The van der Waals surface area contributed by atoms with Gasteiger partial charge in [0.15, 0.2) is 0 Å². The summed E-state index contributed by atoms with van der Waals surface area (Å²) in [4.78, 5) is 10.6. The van der Waals surface area contributed by atoms with Crippen molar-refractivity contribution >= 4 is 5.97 Å². The van der Waals surface area contributed by atoms with Crippen molar-refractivity contribution in [2.45, 2.75) is 110 Å². The highest BCUT2D eigenvalue weighted by Crippen LogP contribution is 2.14. The lowest BCUT2D eigenvalue weighted by atomic mass is 10.0. The Balaban J connectivity index is 3.04. The first-order valence-corrected chi connectivity index (χ1v) is 9.74. The Bertz CT molecular complexity index is 238. The van der Waals surface area contributed by atoms with Gasteiger partial charge in [-0.05, 0) is 12.8 Å². The molecule has 2 nitrogen and oxygen atoms in total. The number of unbranched alkanes of at least 4 members (excludes halogenated alkanes) is 14. The zero-order valence-corrected chi connectivity index (χ0v) is 15.1. The Labute approximate surface area is 139 Å². The van der Waals surface area contributed by atoms with Crippen LogP contribution < -0.4 is 0 Å². The molecule has 2 heteroatoms. The standard InChI is InChI=1S/C20H39O2/c1-3-4-5-6-7-8-9-10-11-12-13-14-15-16-17-18-19(2)20(21)22/h18-19H,3-17H2,1-2H3,(H,21,22). The lowest BCUT2D eigenvalue weighted by Crippen LogP contribution is -2.09. The van der Waals surface area contributed by atoms with E-state index in [0.717, 1.165) is 12.8 Å². The molecular formula is C20H39O2. The van der Waals surface area contributed by atoms with Crippen molar-refractivity contribution in [1.29, 1.82) is 0 Å². The lowest BCUT2D eigenvalue weighted by molar-refractivity contribution is -0.140. The van der Waals surface area contributed by atoms with Gasteiger partial charge >= 0.3 is 5.97 Å². The second-order valence-electron chi connectivity index (χ2n) is 6.75. The molecule has 1 radical (unpaired) electrons. The van der Waals surface area contributed by atoms with Crippen LogP contribution in [-0.4, -0.2) is 11.1 Å². The third-order valence-corrected chi connectivity index (χ3v) is 4.47. The second-order valence-corrected chi connectivity index (χ2v) is 6.75. The number of aliphatic carboxylic acids is 1. The molecule has 0 saturated carbocycles. The van der Waals surface area contributed by atoms with Crippen molar-refractivity contribution in [3.05, 3.63) is 6.42 Å². The Kier molecular flexibility index (Phi) is 16.4. The van der Waals surface area contributed by atoms with Crippen LogP contribution in [0.3, 0.4) is 0 Å². The van der Waals surface area contributed by atoms with Crippen LogP contribution in [0.2, 0.25) is 0 Å². The molecule has 1 atom stereocenters. The number of carbonyl (C=O) groups is 1. The zero-order chi connectivity index (χ0) is 16.5. The van der Waals surface area contributed by atoms with Crippen LogP contribution in [0, 0.1) is 12.3 Å². The van der Waals surface area contributed by atoms with Gasteiger partial charge in [0.25, 0.3) is 0 Å². The smallest absolute Gasteiger partial charge is 0.306 e. The Morgan fingerprint density at radius 2 is 1.14 bits per heavy atom. The molecule has 0 aromatic rings. The molecule has 0 rings (SSSR count). The average Bonchev–Trinajstić information content (AvgIpc) is 2.50. The molecule has 131 valence electrons. The molecule has 0 amide bonds. The molecule has 0 saturated heterocycles. The zero-order valence-electron chi connectivity index (χ0n) is 15.1. The van der Waals surface area contributed by atoms with E-state index in [9.17, 15) is 4.79 Å². The van der Waals surface area contributed by atoms with Crippen molar-refractivity contribution in [1.82, 2.24) is 0 Å². The molecule has 0 fully saturated rings. The highest BCUT2D eigenvalue weighted by Gasteiger charge is 2.09. The van der Waals surface area contributed by atoms with E-state index in [-0.39, 0.29) is 5.92 Å². The fraction of sp³-hybridized carbons (Fsp3) is 0.900. The maximum Gasteiger partial charge on any atom is 0.306 e. The van der Waals surface area contributed by atoms with Gasteiger partial charge in [0.1, 0.15) is 0 Å². The van der Waals surface area contributed by atoms with Crippen LogP contribution in [-0.2, 0) is 4.79 Å². The minimum Gasteiger partial charge on any atom is -0.481 e. The van der Waals surface area contributed by atoms with Gasteiger partial charge in [0.05, 0.1) is 5.92 Å². The van der Waals surface area contributed by atoms with E-state index < -0.39 is 5.97 Å². The number of carboxylic acids is 1. The molecule has 0 spiro atoms. The number of hydrogen-bond donors (Lipinski definition) is 1. The van der Waals surface area contributed by atoms with Gasteiger partial charge in [0, 0.05) is 0 Å². The van der Waals surface area contributed by atoms with E-state index in [4.69, 9.17) is 5.11 Å². The summed E-state index contributed by atoms with van der Waals surface area (Å²) >= 11 is 0. The van der Waals surface area contributed by atoms with Crippen LogP contribution in [0.5, 0.6) is 0 Å². The molecule has 0 aliphatic heterocycles. The van der Waals surface area contributed by atoms with Crippen molar-refractivity contribution in [2.24, 2.45) is 5.92 Å². The number of hydrogen-bond acceptors (Lipinski definition) is 1. The van der Waals surface area contributed by atoms with Crippen molar-refractivity contribution in [3.63, 3.8) is 0 Å². The van der Waals surface area contributed by atoms with E-state index in [1.54, 1.807) is 6.92 Å². The van der Waals surface area contributed by atoms with Crippen LogP contribution in [0.15, 0.2) is 0 Å². The largest absolute Gasteiger partial charge is 0.481 e. The summed E-state index contributed by atoms with van der Waals surface area (Å²) in [5.74, 6) is -0.993. The SMILES string of the molecule is CCCCCCCCCCCCCCCC[CH]C(C)C(=O)O. The molecule has 1 N–H and O–H groups in total. The van der Waals surface area contributed by atoms with Crippen molar-refractivity contribution < 1.29 is 9.90 Å². The Hall–Kier alpha value is -0.530. The molecule has 1 unspecified atom stereocenters. The average molecular weight is 312 g/mol. The summed E-state index contributed by atoms with van der Waals surface area (Å²) in [6, 6.07) is 0. The summed E-state index contributed by atoms with van der Waals surface area (Å²) < 4.78 is 0. The first-order chi connectivity index (χ1) is 10.7. The summed E-state index contributed by atoms with van der Waals surface area (Å²) in [5.41, 5.74) is 0. The predicted octanol–water partition coefficient (Wildman–Crippen LogP) is 6.78. The predicted molar refractivity (Wildman–Crippen MR) is 96.0 cm³/mol. The summed E-state index contributed by atoms with van der Waals surface area (Å²) in [6.45, 7) is 4.03. The van der Waals surface area contributed by atoms with Crippen molar-refractivity contribution in [2.75, 3.05) is 0 Å². The minimum atomic E-state index is -0.703. The van der Waals surface area contributed by atoms with E-state index in [1.807, 2.05) is 6.42 Å². The molecule has 22 heavy (non-hydrogen) atoms. The van der Waals surface area contributed by atoms with E-state index in [0.29, 0.717) is 0 Å². The van der Waals surface area contributed by atoms with Gasteiger partial charge in [-0.25, -0.2) is 0 Å². The third kappa shape index (κ3) is 15.9. The van der Waals surface area contributed by atoms with Gasteiger partial charge < -0.3 is 5.11 Å². The fourth-order valence-electron chi connectivity index (χ4n) is 2.81. The van der Waals surface area contributed by atoms with Gasteiger partial charge in [0.2, 0.25) is 0 Å². The maximum atomic E-state index is 10.6. The number of carboxylic acid groups (broad SMARTS) is 1. The first-order valence-electron chi connectivity index (χ1n) is 9.74. The Morgan fingerprint density at radius 1 is 0.773 bits per heavy atom. The molecule has 0 aromatic carbocycles. The normalized spacial score (nSPS) is 12.5. The van der Waals surface area contributed by atoms with Crippen molar-refractivity contribution in [3.8, 4) is 0 Å². The molecule has 0 aliphatic carbocycles. The summed E-state index contributed by atoms with van der Waals surface area (Å²) in [7, 11) is 0. The van der Waals surface area contributed by atoms with Crippen LogP contribution in [0.25, 0.3) is 0 Å². The summed E-state index contributed by atoms with van der Waals surface area (Å²) in [5, 5.41) is 8.77. The molecule has 0 bridgehead atoms. The number of rotatable bonds is 17. The third-order valence-electron chi connectivity index (χ3n) is 4.47. The van der Waals surface area contributed by atoms with E-state index in [1.165, 1.54) is 83.5 Å². The minimum absolute atomic E-state index is 0.290. The fourth-order valence-corrected chi connectivity index (χ4v) is 2.81. The van der Waals surface area contributed by atoms with Crippen LogP contribution in [0.4, 0.5) is 0 Å².